The van der Waals surface area contributed by atoms with Crippen LogP contribution < -0.4 is 10.0 Å². The van der Waals surface area contributed by atoms with E-state index in [-0.39, 0.29) is 4.90 Å². The van der Waals surface area contributed by atoms with Gasteiger partial charge in [0.1, 0.15) is 0 Å². The zero-order valence-corrected chi connectivity index (χ0v) is 13.4. The van der Waals surface area contributed by atoms with Crippen LogP contribution in [0.15, 0.2) is 41.4 Å². The van der Waals surface area contributed by atoms with E-state index in [9.17, 15) is 8.42 Å². The highest BCUT2D eigenvalue weighted by molar-refractivity contribution is 7.89. The van der Waals surface area contributed by atoms with Crippen molar-refractivity contribution in [2.75, 3.05) is 7.05 Å². The SMILES string of the molecule is CNCc1cc(S(=O)(=O)NC(C)c2ccccc2Cl)c[nH]1. The van der Waals surface area contributed by atoms with E-state index in [1.54, 1.807) is 32.2 Å². The van der Waals surface area contributed by atoms with Crippen molar-refractivity contribution in [1.82, 2.24) is 15.0 Å². The van der Waals surface area contributed by atoms with Crippen LogP contribution in [0.1, 0.15) is 24.2 Å². The van der Waals surface area contributed by atoms with Crippen molar-refractivity contribution in [1.29, 1.82) is 0 Å². The van der Waals surface area contributed by atoms with Gasteiger partial charge in [0.15, 0.2) is 0 Å². The van der Waals surface area contributed by atoms with Gasteiger partial charge in [-0.05, 0) is 31.7 Å². The molecule has 2 aromatic rings. The molecule has 0 amide bonds. The third kappa shape index (κ3) is 3.85. The molecule has 1 aromatic carbocycles. The molecule has 0 aliphatic heterocycles. The normalized spacial score (nSPS) is 13.3. The summed E-state index contributed by atoms with van der Waals surface area (Å²) in [5.74, 6) is 0. The van der Waals surface area contributed by atoms with Gasteiger partial charge in [0.2, 0.25) is 10.0 Å². The van der Waals surface area contributed by atoms with Crippen LogP contribution in [0.2, 0.25) is 5.02 Å². The van der Waals surface area contributed by atoms with Gasteiger partial charge in [-0.25, -0.2) is 13.1 Å². The minimum atomic E-state index is -3.59. The number of benzene rings is 1. The average molecular weight is 328 g/mol. The van der Waals surface area contributed by atoms with Gasteiger partial charge in [0, 0.05) is 29.5 Å². The smallest absolute Gasteiger partial charge is 0.242 e. The molecule has 3 N–H and O–H groups in total. The summed E-state index contributed by atoms with van der Waals surface area (Å²) in [4.78, 5) is 3.14. The van der Waals surface area contributed by atoms with Crippen LogP contribution in [0.3, 0.4) is 0 Å². The number of aromatic nitrogens is 1. The number of nitrogens with one attached hydrogen (secondary N) is 3. The van der Waals surface area contributed by atoms with E-state index in [1.165, 1.54) is 6.20 Å². The second kappa shape index (κ2) is 6.62. The summed E-state index contributed by atoms with van der Waals surface area (Å²) < 4.78 is 27.3. The van der Waals surface area contributed by atoms with Gasteiger partial charge >= 0.3 is 0 Å². The van der Waals surface area contributed by atoms with E-state index >= 15 is 0 Å². The molecule has 0 aliphatic carbocycles. The van der Waals surface area contributed by atoms with Gasteiger partial charge in [-0.1, -0.05) is 29.8 Å². The summed E-state index contributed by atoms with van der Waals surface area (Å²) >= 11 is 6.09. The van der Waals surface area contributed by atoms with E-state index in [1.807, 2.05) is 12.1 Å². The molecule has 1 heterocycles. The molecule has 21 heavy (non-hydrogen) atoms. The Morgan fingerprint density at radius 2 is 2.05 bits per heavy atom. The molecule has 114 valence electrons. The summed E-state index contributed by atoms with van der Waals surface area (Å²) in [5.41, 5.74) is 1.55. The quantitative estimate of drug-likeness (QED) is 0.763. The van der Waals surface area contributed by atoms with Crippen molar-refractivity contribution in [3.8, 4) is 0 Å². The summed E-state index contributed by atoms with van der Waals surface area (Å²) in [7, 11) is -1.79. The van der Waals surface area contributed by atoms with Crippen molar-refractivity contribution in [3.05, 3.63) is 52.8 Å². The summed E-state index contributed by atoms with van der Waals surface area (Å²) in [6.07, 6.45) is 1.48. The maximum atomic E-state index is 12.4. The first-order chi connectivity index (χ1) is 9.94. The molecule has 0 fully saturated rings. The van der Waals surface area contributed by atoms with Crippen LogP contribution in [0, 0.1) is 0 Å². The van der Waals surface area contributed by atoms with E-state index in [0.717, 1.165) is 11.3 Å². The highest BCUT2D eigenvalue weighted by atomic mass is 35.5. The minimum absolute atomic E-state index is 0.214. The van der Waals surface area contributed by atoms with E-state index in [4.69, 9.17) is 11.6 Å². The molecule has 0 saturated heterocycles. The fourth-order valence-corrected chi connectivity index (χ4v) is 3.60. The van der Waals surface area contributed by atoms with Crippen LogP contribution >= 0.6 is 11.6 Å². The first kappa shape index (κ1) is 16.0. The molecule has 1 atom stereocenters. The third-order valence-electron chi connectivity index (χ3n) is 3.10. The second-order valence-corrected chi connectivity index (χ2v) is 6.88. The van der Waals surface area contributed by atoms with Crippen LogP contribution in [0.5, 0.6) is 0 Å². The predicted molar refractivity (Wildman–Crippen MR) is 83.7 cm³/mol. The molecule has 0 bridgehead atoms. The monoisotopic (exact) mass is 327 g/mol. The van der Waals surface area contributed by atoms with Crippen molar-refractivity contribution < 1.29 is 8.42 Å². The molecule has 0 spiro atoms. The Hall–Kier alpha value is -1.34. The van der Waals surface area contributed by atoms with Crippen LogP contribution in [0.25, 0.3) is 0 Å². The molecule has 2 rings (SSSR count). The summed E-state index contributed by atoms with van der Waals surface area (Å²) in [5, 5.41) is 3.50. The number of H-pyrrole nitrogens is 1. The van der Waals surface area contributed by atoms with Gasteiger partial charge in [0.25, 0.3) is 0 Å². The fourth-order valence-electron chi connectivity index (χ4n) is 2.06. The lowest BCUT2D eigenvalue weighted by Gasteiger charge is -2.15. The average Bonchev–Trinajstić information content (AvgIpc) is 2.88. The first-order valence-corrected chi connectivity index (χ1v) is 8.39. The minimum Gasteiger partial charge on any atom is -0.363 e. The van der Waals surface area contributed by atoms with Crippen molar-refractivity contribution >= 4 is 21.6 Å². The molecule has 0 radical (unpaired) electrons. The van der Waals surface area contributed by atoms with E-state index in [0.29, 0.717) is 11.6 Å². The molecule has 7 heteroatoms. The Bertz CT molecular complexity index is 713. The second-order valence-electron chi connectivity index (χ2n) is 4.76. The Labute approximate surface area is 129 Å². The standard InChI is InChI=1S/C14H18ClN3O2S/c1-10(13-5-3-4-6-14(13)15)18-21(19,20)12-7-11(8-16-2)17-9-12/h3-7,9-10,16-18H,8H2,1-2H3. The highest BCUT2D eigenvalue weighted by Gasteiger charge is 2.20. The molecular weight excluding hydrogens is 310 g/mol. The Morgan fingerprint density at radius 3 is 2.71 bits per heavy atom. The Morgan fingerprint density at radius 1 is 1.33 bits per heavy atom. The Kier molecular flexibility index (Phi) is 5.05. The lowest BCUT2D eigenvalue weighted by atomic mass is 10.1. The number of rotatable bonds is 6. The molecule has 1 aromatic heterocycles. The highest BCUT2D eigenvalue weighted by Crippen LogP contribution is 2.24. The fraction of sp³-hybridized carbons (Fsp3) is 0.286. The van der Waals surface area contributed by atoms with Crippen molar-refractivity contribution in [2.45, 2.75) is 24.4 Å². The van der Waals surface area contributed by atoms with Crippen LogP contribution in [-0.2, 0) is 16.6 Å². The summed E-state index contributed by atoms with van der Waals surface area (Å²) in [6, 6.07) is 8.38. The topological polar surface area (TPSA) is 74.0 Å². The third-order valence-corrected chi connectivity index (χ3v) is 4.96. The maximum absolute atomic E-state index is 12.4. The zero-order chi connectivity index (χ0) is 15.5. The van der Waals surface area contributed by atoms with Gasteiger partial charge in [-0.15, -0.1) is 0 Å². The van der Waals surface area contributed by atoms with Crippen molar-refractivity contribution in [2.24, 2.45) is 0 Å². The van der Waals surface area contributed by atoms with Crippen LogP contribution in [-0.4, -0.2) is 20.4 Å². The maximum Gasteiger partial charge on any atom is 0.242 e. The molecule has 0 aliphatic rings. The molecule has 0 saturated carbocycles. The van der Waals surface area contributed by atoms with E-state index < -0.39 is 16.1 Å². The van der Waals surface area contributed by atoms with Crippen LogP contribution in [0.4, 0.5) is 0 Å². The van der Waals surface area contributed by atoms with Gasteiger partial charge in [-0.3, -0.25) is 0 Å². The van der Waals surface area contributed by atoms with Gasteiger partial charge < -0.3 is 10.3 Å². The zero-order valence-electron chi connectivity index (χ0n) is 11.9. The first-order valence-electron chi connectivity index (χ1n) is 6.52. The lowest BCUT2D eigenvalue weighted by molar-refractivity contribution is 0.567. The molecule has 1 unspecified atom stereocenters. The molecule has 5 nitrogen and oxygen atoms in total. The number of halogens is 1. The summed E-state index contributed by atoms with van der Waals surface area (Å²) in [6.45, 7) is 2.34. The number of sulfonamides is 1. The Balaban J connectivity index is 2.18. The number of hydrogen-bond acceptors (Lipinski definition) is 3. The van der Waals surface area contributed by atoms with E-state index in [2.05, 4.69) is 15.0 Å². The number of hydrogen-bond donors (Lipinski definition) is 3. The van der Waals surface area contributed by atoms with Gasteiger partial charge in [-0.2, -0.15) is 0 Å². The lowest BCUT2D eigenvalue weighted by Crippen LogP contribution is -2.26. The predicted octanol–water partition coefficient (Wildman–Crippen LogP) is 2.43. The van der Waals surface area contributed by atoms with Gasteiger partial charge in [0.05, 0.1) is 4.90 Å². The largest absolute Gasteiger partial charge is 0.363 e. The number of aromatic amines is 1. The van der Waals surface area contributed by atoms with Crippen molar-refractivity contribution in [3.63, 3.8) is 0 Å². The molecular formula is C14H18ClN3O2S.